The van der Waals surface area contributed by atoms with Crippen LogP contribution in [0, 0.1) is 5.82 Å². The molecule has 1 amide bonds. The fourth-order valence-corrected chi connectivity index (χ4v) is 1.41. The minimum absolute atomic E-state index is 0.104. The number of benzene rings is 1. The van der Waals surface area contributed by atoms with Crippen molar-refractivity contribution in [2.45, 2.75) is 6.42 Å². The van der Waals surface area contributed by atoms with Gasteiger partial charge in [-0.1, -0.05) is 6.07 Å². The fraction of sp³-hybridized carbons (Fsp3) is 0.286. The highest BCUT2D eigenvalue weighted by Gasteiger charge is 2.03. The molecule has 0 aliphatic rings. The summed E-state index contributed by atoms with van der Waals surface area (Å²) in [6.07, 6.45) is 2.84. The summed E-state index contributed by atoms with van der Waals surface area (Å²) in [5.41, 5.74) is 0.534. The maximum atomic E-state index is 13.4. The Kier molecular flexibility index (Phi) is 6.22. The lowest BCUT2D eigenvalue weighted by Crippen LogP contribution is -2.24. The first-order chi connectivity index (χ1) is 9.56. The molecular weight excluding hydrogens is 265 g/mol. The van der Waals surface area contributed by atoms with E-state index >= 15 is 0 Å². The monoisotopic (exact) mass is 281 g/mol. The average molecular weight is 281 g/mol. The molecule has 0 aromatic heterocycles. The minimum Gasteiger partial charge on any atom is -0.494 e. The van der Waals surface area contributed by atoms with Gasteiger partial charge in [0.15, 0.2) is 11.6 Å². The van der Waals surface area contributed by atoms with E-state index in [1.54, 1.807) is 6.07 Å². The van der Waals surface area contributed by atoms with E-state index in [0.717, 1.165) is 0 Å². The number of esters is 1. The molecule has 1 aromatic rings. The van der Waals surface area contributed by atoms with Crippen LogP contribution in [0.2, 0.25) is 0 Å². The zero-order valence-corrected chi connectivity index (χ0v) is 11.3. The molecular formula is C14H16FNO4. The largest absolute Gasteiger partial charge is 0.494 e. The Morgan fingerprint density at radius 3 is 2.70 bits per heavy atom. The van der Waals surface area contributed by atoms with Crippen molar-refractivity contribution in [2.24, 2.45) is 0 Å². The van der Waals surface area contributed by atoms with E-state index in [1.807, 2.05) is 0 Å². The van der Waals surface area contributed by atoms with Crippen molar-refractivity contribution < 1.29 is 23.5 Å². The van der Waals surface area contributed by atoms with Crippen molar-refractivity contribution in [1.82, 2.24) is 5.32 Å². The van der Waals surface area contributed by atoms with Crippen molar-refractivity contribution in [1.29, 1.82) is 0 Å². The SMILES string of the molecule is COC(=O)CCNC(=O)C=Cc1ccc(OC)c(F)c1. The van der Waals surface area contributed by atoms with Crippen LogP contribution in [0.25, 0.3) is 6.08 Å². The summed E-state index contributed by atoms with van der Waals surface area (Å²) in [6, 6.07) is 4.36. The van der Waals surface area contributed by atoms with E-state index in [-0.39, 0.29) is 24.6 Å². The van der Waals surface area contributed by atoms with Gasteiger partial charge in [0.05, 0.1) is 20.6 Å². The van der Waals surface area contributed by atoms with Crippen molar-refractivity contribution in [3.8, 4) is 5.75 Å². The van der Waals surface area contributed by atoms with Gasteiger partial charge in [-0.05, 0) is 23.8 Å². The van der Waals surface area contributed by atoms with Crippen LogP contribution in [0.1, 0.15) is 12.0 Å². The maximum Gasteiger partial charge on any atom is 0.307 e. The van der Waals surface area contributed by atoms with E-state index in [1.165, 1.54) is 38.5 Å². The molecule has 0 saturated carbocycles. The van der Waals surface area contributed by atoms with Crippen molar-refractivity contribution in [3.63, 3.8) is 0 Å². The highest BCUT2D eigenvalue weighted by atomic mass is 19.1. The highest BCUT2D eigenvalue weighted by molar-refractivity contribution is 5.91. The van der Waals surface area contributed by atoms with Crippen LogP contribution >= 0.6 is 0 Å². The Hall–Kier alpha value is -2.37. The molecule has 1 N–H and O–H groups in total. The summed E-state index contributed by atoms with van der Waals surface area (Å²) in [5.74, 6) is -1.12. The number of nitrogens with one attached hydrogen (secondary N) is 1. The topological polar surface area (TPSA) is 64.6 Å². The van der Waals surface area contributed by atoms with E-state index in [2.05, 4.69) is 10.1 Å². The van der Waals surface area contributed by atoms with Crippen molar-refractivity contribution in [2.75, 3.05) is 20.8 Å². The zero-order valence-electron chi connectivity index (χ0n) is 11.3. The van der Waals surface area contributed by atoms with Gasteiger partial charge >= 0.3 is 5.97 Å². The van der Waals surface area contributed by atoms with Crippen molar-refractivity contribution >= 4 is 18.0 Å². The molecule has 5 nitrogen and oxygen atoms in total. The molecule has 0 radical (unpaired) electrons. The van der Waals surface area contributed by atoms with E-state index in [4.69, 9.17) is 4.74 Å². The molecule has 0 bridgehead atoms. The minimum atomic E-state index is -0.499. The summed E-state index contributed by atoms with van der Waals surface area (Å²) in [4.78, 5) is 22.3. The van der Waals surface area contributed by atoms with Gasteiger partial charge < -0.3 is 14.8 Å². The van der Waals surface area contributed by atoms with Gasteiger partial charge in [-0.3, -0.25) is 9.59 Å². The predicted molar refractivity (Wildman–Crippen MR) is 71.6 cm³/mol. The quantitative estimate of drug-likeness (QED) is 0.634. The number of ether oxygens (including phenoxy) is 2. The number of halogens is 1. The summed E-state index contributed by atoms with van der Waals surface area (Å²) in [7, 11) is 2.66. The van der Waals surface area contributed by atoms with Crippen LogP contribution < -0.4 is 10.1 Å². The smallest absolute Gasteiger partial charge is 0.307 e. The molecule has 0 spiro atoms. The number of carbonyl (C=O) groups excluding carboxylic acids is 2. The molecule has 0 saturated heterocycles. The van der Waals surface area contributed by atoms with Gasteiger partial charge in [-0.15, -0.1) is 0 Å². The van der Waals surface area contributed by atoms with Gasteiger partial charge in [-0.25, -0.2) is 4.39 Å². The molecule has 0 heterocycles. The van der Waals surface area contributed by atoms with Crippen molar-refractivity contribution in [3.05, 3.63) is 35.7 Å². The standard InChI is InChI=1S/C14H16FNO4/c1-19-12-5-3-10(9-11(12)15)4-6-13(17)16-8-7-14(18)20-2/h3-6,9H,7-8H2,1-2H3,(H,16,17). The highest BCUT2D eigenvalue weighted by Crippen LogP contribution is 2.18. The Morgan fingerprint density at radius 1 is 1.35 bits per heavy atom. The van der Waals surface area contributed by atoms with E-state index in [9.17, 15) is 14.0 Å². The van der Waals surface area contributed by atoms with E-state index < -0.39 is 11.8 Å². The third-order valence-electron chi connectivity index (χ3n) is 2.46. The number of hydrogen-bond donors (Lipinski definition) is 1. The lowest BCUT2D eigenvalue weighted by molar-refractivity contribution is -0.140. The average Bonchev–Trinajstić information content (AvgIpc) is 2.45. The van der Waals surface area contributed by atoms with Gasteiger partial charge in [0.25, 0.3) is 0 Å². The molecule has 20 heavy (non-hydrogen) atoms. The first-order valence-corrected chi connectivity index (χ1v) is 5.93. The molecule has 0 atom stereocenters. The second kappa shape index (κ2) is 7.93. The van der Waals surface area contributed by atoms with Crippen LogP contribution in [0.3, 0.4) is 0 Å². The van der Waals surface area contributed by atoms with Gasteiger partial charge in [0.2, 0.25) is 5.91 Å². The maximum absolute atomic E-state index is 13.4. The fourth-order valence-electron chi connectivity index (χ4n) is 1.41. The molecule has 6 heteroatoms. The summed E-state index contributed by atoms with van der Waals surface area (Å²) in [6.45, 7) is 0.187. The molecule has 0 aliphatic heterocycles. The number of carbonyl (C=O) groups is 2. The lowest BCUT2D eigenvalue weighted by Gasteiger charge is -2.02. The van der Waals surface area contributed by atoms with Crippen LogP contribution in [0.4, 0.5) is 4.39 Å². The Morgan fingerprint density at radius 2 is 2.10 bits per heavy atom. The Balaban J connectivity index is 2.49. The first kappa shape index (κ1) is 15.7. The summed E-state index contributed by atoms with van der Waals surface area (Å²) in [5, 5.41) is 2.51. The second-order valence-corrected chi connectivity index (χ2v) is 3.84. The molecule has 0 unspecified atom stereocenters. The number of hydrogen-bond acceptors (Lipinski definition) is 4. The first-order valence-electron chi connectivity index (χ1n) is 5.93. The van der Waals surface area contributed by atoms with E-state index in [0.29, 0.717) is 5.56 Å². The predicted octanol–water partition coefficient (Wildman–Crippen LogP) is 1.53. The van der Waals surface area contributed by atoms with Crippen LogP contribution in [-0.2, 0) is 14.3 Å². The number of amides is 1. The molecule has 1 rings (SSSR count). The third-order valence-corrected chi connectivity index (χ3v) is 2.46. The number of rotatable bonds is 6. The van der Waals surface area contributed by atoms with Crippen LogP contribution in [-0.4, -0.2) is 32.6 Å². The zero-order chi connectivity index (χ0) is 15.0. The molecule has 0 fully saturated rings. The van der Waals surface area contributed by atoms with Crippen LogP contribution in [0.5, 0.6) is 5.75 Å². The van der Waals surface area contributed by atoms with Gasteiger partial charge in [0.1, 0.15) is 0 Å². The Bertz CT molecular complexity index is 514. The molecule has 0 aliphatic carbocycles. The lowest BCUT2D eigenvalue weighted by atomic mass is 10.2. The summed E-state index contributed by atoms with van der Waals surface area (Å²) < 4.78 is 22.6. The Labute approximate surface area is 116 Å². The molecule has 108 valence electrons. The van der Waals surface area contributed by atoms with Crippen LogP contribution in [0.15, 0.2) is 24.3 Å². The van der Waals surface area contributed by atoms with Gasteiger partial charge in [0, 0.05) is 12.6 Å². The number of methoxy groups -OCH3 is 2. The second-order valence-electron chi connectivity index (χ2n) is 3.84. The summed E-state index contributed by atoms with van der Waals surface area (Å²) >= 11 is 0. The normalized spacial score (nSPS) is 10.3. The molecule has 1 aromatic carbocycles. The van der Waals surface area contributed by atoms with Gasteiger partial charge in [-0.2, -0.15) is 0 Å². The third kappa shape index (κ3) is 5.09.